The minimum Gasteiger partial charge on any atom is -0.409 e. The molecule has 0 aromatic heterocycles. The Hall–Kier alpha value is -1.26. The van der Waals surface area contributed by atoms with Gasteiger partial charge in [0.05, 0.1) is 0 Å². The van der Waals surface area contributed by atoms with Crippen LogP contribution in [0, 0.1) is 0 Å². The van der Waals surface area contributed by atoms with Gasteiger partial charge in [0.15, 0.2) is 0 Å². The molecular weight excluding hydrogens is 250 g/mol. The van der Waals surface area contributed by atoms with Gasteiger partial charge in [-0.3, -0.25) is 4.90 Å². The van der Waals surface area contributed by atoms with E-state index in [1.807, 2.05) is 24.3 Å². The SMILES string of the molecule is CC(C)N(CC/C(N)=N/O)Cc1ccccc1Cl. The molecule has 0 bridgehead atoms. The van der Waals surface area contributed by atoms with Crippen LogP contribution in [-0.4, -0.2) is 28.5 Å². The summed E-state index contributed by atoms with van der Waals surface area (Å²) in [4.78, 5) is 2.24. The van der Waals surface area contributed by atoms with Crippen LogP contribution in [0.2, 0.25) is 5.02 Å². The number of rotatable bonds is 6. The monoisotopic (exact) mass is 269 g/mol. The van der Waals surface area contributed by atoms with Crippen LogP contribution in [0.4, 0.5) is 0 Å². The number of oxime groups is 1. The fraction of sp³-hybridized carbons (Fsp3) is 0.462. The molecule has 0 aliphatic rings. The van der Waals surface area contributed by atoms with Crippen LogP contribution in [0.1, 0.15) is 25.8 Å². The number of nitrogens with zero attached hydrogens (tertiary/aromatic N) is 2. The number of amidine groups is 1. The van der Waals surface area contributed by atoms with Crippen molar-refractivity contribution in [1.29, 1.82) is 0 Å². The van der Waals surface area contributed by atoms with Crippen LogP contribution in [0.15, 0.2) is 29.4 Å². The van der Waals surface area contributed by atoms with E-state index in [1.165, 1.54) is 0 Å². The number of hydrogen-bond donors (Lipinski definition) is 2. The standard InChI is InChI=1S/C13H20ClN3O/c1-10(2)17(8-7-13(15)16-18)9-11-5-3-4-6-12(11)14/h3-6,10,18H,7-9H2,1-2H3,(H2,15,16). The smallest absolute Gasteiger partial charge is 0.140 e. The van der Waals surface area contributed by atoms with Gasteiger partial charge >= 0.3 is 0 Å². The zero-order valence-electron chi connectivity index (χ0n) is 10.8. The number of nitrogens with two attached hydrogens (primary N) is 1. The van der Waals surface area contributed by atoms with Gasteiger partial charge in [-0.1, -0.05) is 35.0 Å². The molecular formula is C13H20ClN3O. The van der Waals surface area contributed by atoms with Crippen molar-refractivity contribution in [3.63, 3.8) is 0 Å². The molecule has 0 fully saturated rings. The van der Waals surface area contributed by atoms with Crippen molar-refractivity contribution in [3.8, 4) is 0 Å². The Labute approximate surface area is 113 Å². The Morgan fingerprint density at radius 1 is 1.44 bits per heavy atom. The summed E-state index contributed by atoms with van der Waals surface area (Å²) < 4.78 is 0. The summed E-state index contributed by atoms with van der Waals surface area (Å²) in [7, 11) is 0. The van der Waals surface area contributed by atoms with E-state index in [9.17, 15) is 0 Å². The molecule has 0 radical (unpaired) electrons. The van der Waals surface area contributed by atoms with Crippen molar-refractivity contribution < 1.29 is 5.21 Å². The average Bonchev–Trinajstić information content (AvgIpc) is 2.35. The molecule has 0 atom stereocenters. The minimum atomic E-state index is 0.250. The van der Waals surface area contributed by atoms with E-state index in [4.69, 9.17) is 22.5 Å². The Balaban J connectivity index is 2.66. The van der Waals surface area contributed by atoms with E-state index >= 15 is 0 Å². The second kappa shape index (κ2) is 7.24. The molecule has 3 N–H and O–H groups in total. The summed E-state index contributed by atoms with van der Waals surface area (Å²) in [5, 5.41) is 12.3. The lowest BCUT2D eigenvalue weighted by Crippen LogP contribution is -2.33. The number of benzene rings is 1. The normalized spacial score (nSPS) is 12.4. The molecule has 100 valence electrons. The van der Waals surface area contributed by atoms with Crippen LogP contribution < -0.4 is 5.73 Å². The third-order valence-electron chi connectivity index (χ3n) is 2.85. The Kier molecular flexibility index (Phi) is 5.95. The van der Waals surface area contributed by atoms with Gasteiger partial charge in [-0.05, 0) is 25.5 Å². The van der Waals surface area contributed by atoms with Crippen molar-refractivity contribution in [1.82, 2.24) is 4.90 Å². The first-order valence-electron chi connectivity index (χ1n) is 5.98. The number of halogens is 1. The Bertz CT molecular complexity index is 407. The second-order valence-corrected chi connectivity index (χ2v) is 4.90. The maximum Gasteiger partial charge on any atom is 0.140 e. The van der Waals surface area contributed by atoms with Gasteiger partial charge in [0.25, 0.3) is 0 Å². The minimum absolute atomic E-state index is 0.250. The molecule has 0 spiro atoms. The zero-order valence-corrected chi connectivity index (χ0v) is 11.6. The molecule has 1 aromatic rings. The fourth-order valence-corrected chi connectivity index (χ4v) is 1.87. The van der Waals surface area contributed by atoms with Gasteiger partial charge in [-0.15, -0.1) is 0 Å². The summed E-state index contributed by atoms with van der Waals surface area (Å²) in [6.45, 7) is 5.72. The predicted octanol–water partition coefficient (Wildman–Crippen LogP) is 2.69. The molecule has 0 aliphatic heterocycles. The van der Waals surface area contributed by atoms with Crippen LogP contribution in [0.3, 0.4) is 0 Å². The van der Waals surface area contributed by atoms with Crippen LogP contribution in [0.5, 0.6) is 0 Å². The van der Waals surface area contributed by atoms with Gasteiger partial charge in [-0.2, -0.15) is 0 Å². The van der Waals surface area contributed by atoms with Crippen molar-refractivity contribution in [2.75, 3.05) is 6.54 Å². The molecule has 0 amide bonds. The molecule has 0 aliphatic carbocycles. The van der Waals surface area contributed by atoms with Gasteiger partial charge in [0.2, 0.25) is 0 Å². The average molecular weight is 270 g/mol. The Morgan fingerprint density at radius 3 is 2.67 bits per heavy atom. The highest BCUT2D eigenvalue weighted by atomic mass is 35.5. The molecule has 4 nitrogen and oxygen atoms in total. The maximum absolute atomic E-state index is 8.54. The Morgan fingerprint density at radius 2 is 2.11 bits per heavy atom. The van der Waals surface area contributed by atoms with E-state index in [1.54, 1.807) is 0 Å². The molecule has 5 heteroatoms. The van der Waals surface area contributed by atoms with E-state index in [0.717, 1.165) is 23.7 Å². The third-order valence-corrected chi connectivity index (χ3v) is 3.21. The maximum atomic E-state index is 8.54. The van der Waals surface area contributed by atoms with E-state index in [2.05, 4.69) is 23.9 Å². The summed E-state index contributed by atoms with van der Waals surface area (Å²) in [6, 6.07) is 8.17. The first kappa shape index (κ1) is 14.8. The first-order valence-corrected chi connectivity index (χ1v) is 6.36. The van der Waals surface area contributed by atoms with E-state index in [-0.39, 0.29) is 5.84 Å². The van der Waals surface area contributed by atoms with E-state index < -0.39 is 0 Å². The van der Waals surface area contributed by atoms with Gasteiger partial charge in [-0.25, -0.2) is 0 Å². The van der Waals surface area contributed by atoms with Crippen molar-refractivity contribution in [2.24, 2.45) is 10.9 Å². The first-order chi connectivity index (χ1) is 8.54. The topological polar surface area (TPSA) is 61.8 Å². The highest BCUT2D eigenvalue weighted by molar-refractivity contribution is 6.31. The van der Waals surface area contributed by atoms with Gasteiger partial charge in [0, 0.05) is 30.6 Å². The van der Waals surface area contributed by atoms with Crippen LogP contribution in [-0.2, 0) is 6.54 Å². The summed E-state index contributed by atoms with van der Waals surface area (Å²) in [6.07, 6.45) is 0.541. The van der Waals surface area contributed by atoms with Crippen molar-refractivity contribution in [3.05, 3.63) is 34.9 Å². The second-order valence-electron chi connectivity index (χ2n) is 4.50. The quantitative estimate of drug-likeness (QED) is 0.361. The summed E-state index contributed by atoms with van der Waals surface area (Å²) in [5.41, 5.74) is 6.58. The van der Waals surface area contributed by atoms with E-state index in [0.29, 0.717) is 12.5 Å². The molecule has 0 unspecified atom stereocenters. The van der Waals surface area contributed by atoms with Gasteiger partial charge < -0.3 is 10.9 Å². The lowest BCUT2D eigenvalue weighted by atomic mass is 10.1. The third kappa shape index (κ3) is 4.55. The lowest BCUT2D eigenvalue weighted by molar-refractivity contribution is 0.218. The molecule has 18 heavy (non-hydrogen) atoms. The fourth-order valence-electron chi connectivity index (χ4n) is 1.67. The van der Waals surface area contributed by atoms with Crippen molar-refractivity contribution >= 4 is 17.4 Å². The molecule has 1 rings (SSSR count). The predicted molar refractivity (Wildman–Crippen MR) is 75.0 cm³/mol. The number of hydrogen-bond acceptors (Lipinski definition) is 3. The highest BCUT2D eigenvalue weighted by Crippen LogP contribution is 2.18. The molecule has 1 aromatic carbocycles. The summed E-state index contributed by atoms with van der Waals surface area (Å²) >= 11 is 6.15. The van der Waals surface area contributed by atoms with Crippen LogP contribution in [0.25, 0.3) is 0 Å². The molecule has 0 saturated carbocycles. The molecule has 0 heterocycles. The zero-order chi connectivity index (χ0) is 13.5. The highest BCUT2D eigenvalue weighted by Gasteiger charge is 2.12. The lowest BCUT2D eigenvalue weighted by Gasteiger charge is -2.26. The van der Waals surface area contributed by atoms with Crippen LogP contribution >= 0.6 is 11.6 Å². The summed E-state index contributed by atoms with van der Waals surface area (Å²) in [5.74, 6) is 0.250. The largest absolute Gasteiger partial charge is 0.409 e. The molecule has 0 saturated heterocycles. The van der Waals surface area contributed by atoms with Crippen molar-refractivity contribution in [2.45, 2.75) is 32.9 Å². The van der Waals surface area contributed by atoms with Gasteiger partial charge in [0.1, 0.15) is 5.84 Å².